The maximum Gasteiger partial charge on any atom is 0.255 e. The Bertz CT molecular complexity index is 801. The zero-order valence-corrected chi connectivity index (χ0v) is 19.1. The molecule has 0 unspecified atom stereocenters. The Hall–Kier alpha value is -2.56. The Morgan fingerprint density at radius 1 is 0.862 bits per heavy atom. The summed E-state index contributed by atoms with van der Waals surface area (Å²) in [4.78, 5) is 20.9. The summed E-state index contributed by atoms with van der Waals surface area (Å²) in [7, 11) is 0. The van der Waals surface area contributed by atoms with Crippen molar-refractivity contribution in [1.29, 1.82) is 0 Å². The van der Waals surface area contributed by atoms with Crippen molar-refractivity contribution in [2.24, 2.45) is 0 Å². The van der Waals surface area contributed by atoms with E-state index in [4.69, 9.17) is 0 Å². The number of H-pyrrole nitrogens is 1. The number of anilines is 3. The third-order valence-corrected chi connectivity index (χ3v) is 5.35. The average molecular weight is 398 g/mol. The Balaban J connectivity index is 2.34. The molecule has 1 aromatic heterocycles. The van der Waals surface area contributed by atoms with E-state index in [0.717, 1.165) is 43.5 Å². The summed E-state index contributed by atoms with van der Waals surface area (Å²) in [6, 6.07) is 11.9. The van der Waals surface area contributed by atoms with Crippen LogP contribution in [0.1, 0.15) is 64.4 Å². The highest BCUT2D eigenvalue weighted by atomic mass is 16.1. The minimum Gasteiger partial charge on any atom is -0.316 e. The van der Waals surface area contributed by atoms with E-state index < -0.39 is 0 Å². The maximum absolute atomic E-state index is 12.9. The van der Waals surface area contributed by atoms with Crippen molar-refractivity contribution in [3.63, 3.8) is 0 Å². The van der Waals surface area contributed by atoms with Gasteiger partial charge in [-0.2, -0.15) is 0 Å². The van der Waals surface area contributed by atoms with Crippen LogP contribution in [-0.2, 0) is 5.41 Å². The molecule has 0 bridgehead atoms. The largest absolute Gasteiger partial charge is 0.316 e. The number of carbonyl (C=O) groups is 1. The van der Waals surface area contributed by atoms with Crippen LogP contribution >= 0.6 is 0 Å². The quantitative estimate of drug-likeness (QED) is 0.700. The molecule has 1 aromatic carbocycles. The maximum atomic E-state index is 12.9. The van der Waals surface area contributed by atoms with Crippen LogP contribution in [0.2, 0.25) is 0 Å². The van der Waals surface area contributed by atoms with E-state index in [0.29, 0.717) is 5.56 Å². The summed E-state index contributed by atoms with van der Waals surface area (Å²) < 4.78 is 0. The van der Waals surface area contributed by atoms with E-state index in [-0.39, 0.29) is 11.3 Å². The van der Waals surface area contributed by atoms with E-state index in [1.54, 1.807) is 0 Å². The van der Waals surface area contributed by atoms with Crippen LogP contribution in [0.25, 0.3) is 0 Å². The molecule has 0 aliphatic heterocycles. The molecule has 2 aromatic rings. The SMILES string of the molecule is CCN(CC)c1ccc(NC(=O)c2ccc(C(C)(C)C)cc2)c(N(CC)CC)[nH+]1. The fraction of sp³-hybridized carbons (Fsp3) is 0.500. The Labute approximate surface area is 176 Å². The average Bonchev–Trinajstić information content (AvgIpc) is 2.71. The van der Waals surface area contributed by atoms with Gasteiger partial charge in [0.15, 0.2) is 0 Å². The number of carbonyl (C=O) groups excluding carboxylic acids is 1. The van der Waals surface area contributed by atoms with Crippen molar-refractivity contribution in [2.45, 2.75) is 53.9 Å². The highest BCUT2D eigenvalue weighted by Crippen LogP contribution is 2.25. The van der Waals surface area contributed by atoms with Gasteiger partial charge in [-0.3, -0.25) is 14.6 Å². The van der Waals surface area contributed by atoms with E-state index in [2.05, 4.69) is 68.6 Å². The first kappa shape index (κ1) is 22.7. The minimum atomic E-state index is -0.0946. The molecule has 0 spiro atoms. The molecule has 0 fully saturated rings. The number of nitrogens with one attached hydrogen (secondary N) is 2. The Morgan fingerprint density at radius 2 is 1.41 bits per heavy atom. The molecule has 1 heterocycles. The van der Waals surface area contributed by atoms with E-state index in [1.165, 1.54) is 5.56 Å². The van der Waals surface area contributed by atoms with E-state index in [9.17, 15) is 4.79 Å². The number of rotatable bonds is 8. The molecule has 2 rings (SSSR count). The standard InChI is InChI=1S/C24H36N4O/c1-8-27(9-2)21-17-16-20(22(26-21)28(10-3)11-4)25-23(29)18-12-14-19(15-13-18)24(5,6)7/h12-17H,8-11H2,1-7H3,(H,25,29)/p+1. The van der Waals surface area contributed by atoms with E-state index >= 15 is 0 Å². The summed E-state index contributed by atoms with van der Waals surface area (Å²) in [5, 5.41) is 3.11. The van der Waals surface area contributed by atoms with Gasteiger partial charge in [0.2, 0.25) is 11.6 Å². The molecule has 1 amide bonds. The summed E-state index contributed by atoms with van der Waals surface area (Å²) in [5.74, 6) is 1.91. The predicted molar refractivity (Wildman–Crippen MR) is 123 cm³/mol. The number of hydrogen-bond donors (Lipinski definition) is 1. The van der Waals surface area contributed by atoms with Gasteiger partial charge in [-0.15, -0.1) is 0 Å². The third kappa shape index (κ3) is 5.49. The van der Waals surface area contributed by atoms with Crippen LogP contribution in [0, 0.1) is 0 Å². The molecule has 0 aliphatic carbocycles. The van der Waals surface area contributed by atoms with Crippen molar-refractivity contribution < 1.29 is 9.78 Å². The Morgan fingerprint density at radius 3 is 1.90 bits per heavy atom. The van der Waals surface area contributed by atoms with Crippen LogP contribution in [0.3, 0.4) is 0 Å². The van der Waals surface area contributed by atoms with Gasteiger partial charge < -0.3 is 5.32 Å². The summed E-state index contributed by atoms with van der Waals surface area (Å²) in [6.07, 6.45) is 0. The second-order valence-electron chi connectivity index (χ2n) is 8.23. The van der Waals surface area contributed by atoms with Crippen molar-refractivity contribution in [2.75, 3.05) is 41.3 Å². The predicted octanol–water partition coefficient (Wildman–Crippen LogP) is 4.74. The number of aromatic nitrogens is 1. The van der Waals surface area contributed by atoms with Gasteiger partial charge >= 0.3 is 0 Å². The van der Waals surface area contributed by atoms with Gasteiger partial charge in [0.05, 0.1) is 26.2 Å². The van der Waals surface area contributed by atoms with Crippen LogP contribution in [0.4, 0.5) is 17.3 Å². The van der Waals surface area contributed by atoms with Gasteiger partial charge in [-0.1, -0.05) is 32.9 Å². The lowest BCUT2D eigenvalue weighted by Crippen LogP contribution is -2.35. The van der Waals surface area contributed by atoms with Gasteiger partial charge in [0.25, 0.3) is 5.91 Å². The van der Waals surface area contributed by atoms with Crippen LogP contribution < -0.4 is 20.1 Å². The van der Waals surface area contributed by atoms with Crippen LogP contribution in [0.15, 0.2) is 36.4 Å². The number of amides is 1. The van der Waals surface area contributed by atoms with Crippen LogP contribution in [0.5, 0.6) is 0 Å². The second-order valence-corrected chi connectivity index (χ2v) is 8.23. The molecule has 0 atom stereocenters. The van der Waals surface area contributed by atoms with Gasteiger partial charge in [-0.25, -0.2) is 4.98 Å². The highest BCUT2D eigenvalue weighted by molar-refractivity contribution is 6.05. The number of hydrogen-bond acceptors (Lipinski definition) is 3. The lowest BCUT2D eigenvalue weighted by Gasteiger charge is -2.22. The van der Waals surface area contributed by atoms with Crippen molar-refractivity contribution in [3.8, 4) is 0 Å². The van der Waals surface area contributed by atoms with Gasteiger partial charge in [0.1, 0.15) is 5.69 Å². The molecular weight excluding hydrogens is 360 g/mol. The molecule has 29 heavy (non-hydrogen) atoms. The molecule has 5 heteroatoms. The second kappa shape index (κ2) is 9.77. The molecule has 5 nitrogen and oxygen atoms in total. The molecule has 0 saturated carbocycles. The first-order chi connectivity index (χ1) is 13.7. The fourth-order valence-corrected chi connectivity index (χ4v) is 3.43. The summed E-state index contributed by atoms with van der Waals surface area (Å²) in [6.45, 7) is 18.6. The number of benzene rings is 1. The van der Waals surface area contributed by atoms with Gasteiger partial charge in [0, 0.05) is 11.6 Å². The lowest BCUT2D eigenvalue weighted by atomic mass is 9.87. The van der Waals surface area contributed by atoms with Crippen LogP contribution in [-0.4, -0.2) is 32.1 Å². The number of aromatic amines is 1. The zero-order chi connectivity index (χ0) is 21.6. The fourth-order valence-electron chi connectivity index (χ4n) is 3.43. The summed E-state index contributed by atoms with van der Waals surface area (Å²) in [5.41, 5.74) is 2.75. The molecular formula is C24H37N4O+. The normalized spacial score (nSPS) is 11.3. The topological polar surface area (TPSA) is 49.7 Å². The highest BCUT2D eigenvalue weighted by Gasteiger charge is 2.21. The first-order valence-electron chi connectivity index (χ1n) is 10.7. The molecule has 0 radical (unpaired) electrons. The summed E-state index contributed by atoms with van der Waals surface area (Å²) >= 11 is 0. The minimum absolute atomic E-state index is 0.0696. The monoisotopic (exact) mass is 397 g/mol. The smallest absolute Gasteiger partial charge is 0.255 e. The van der Waals surface area contributed by atoms with Crippen molar-refractivity contribution in [1.82, 2.24) is 0 Å². The molecule has 0 aliphatic rings. The Kier molecular flexibility index (Phi) is 7.66. The number of nitrogens with zero attached hydrogens (tertiary/aromatic N) is 2. The zero-order valence-electron chi connectivity index (χ0n) is 19.1. The molecule has 2 N–H and O–H groups in total. The lowest BCUT2D eigenvalue weighted by molar-refractivity contribution is -0.349. The van der Waals surface area contributed by atoms with E-state index in [1.807, 2.05) is 36.4 Å². The van der Waals surface area contributed by atoms with Crippen molar-refractivity contribution >= 4 is 23.2 Å². The third-order valence-electron chi connectivity index (χ3n) is 5.35. The first-order valence-corrected chi connectivity index (χ1v) is 10.7. The molecule has 0 saturated heterocycles. The molecule has 158 valence electrons. The van der Waals surface area contributed by atoms with Gasteiger partial charge in [-0.05, 0) is 56.9 Å². The number of pyridine rings is 1. The van der Waals surface area contributed by atoms with Crippen molar-refractivity contribution in [3.05, 3.63) is 47.5 Å².